The van der Waals surface area contributed by atoms with Crippen molar-refractivity contribution in [1.29, 1.82) is 0 Å². The predicted octanol–water partition coefficient (Wildman–Crippen LogP) is 1.84. The number of hydrogen-bond donors (Lipinski definition) is 0. The van der Waals surface area contributed by atoms with Gasteiger partial charge in [-0.25, -0.2) is 8.42 Å². The number of fused-ring (bicyclic) bond motifs is 1. The van der Waals surface area contributed by atoms with E-state index in [-0.39, 0.29) is 23.9 Å². The molecule has 0 radical (unpaired) electrons. The predicted molar refractivity (Wildman–Crippen MR) is 107 cm³/mol. The second-order valence-corrected chi connectivity index (χ2v) is 9.04. The van der Waals surface area contributed by atoms with E-state index in [0.29, 0.717) is 25.4 Å². The number of amides is 1. The summed E-state index contributed by atoms with van der Waals surface area (Å²) in [6.45, 7) is 1.72. The van der Waals surface area contributed by atoms with Crippen LogP contribution in [-0.4, -0.2) is 63.4 Å². The lowest BCUT2D eigenvalue weighted by molar-refractivity contribution is -0.146. The van der Waals surface area contributed by atoms with Crippen LogP contribution < -0.4 is 4.74 Å². The Kier molecular flexibility index (Phi) is 5.58. The van der Waals surface area contributed by atoms with Crippen molar-refractivity contribution in [2.45, 2.75) is 17.4 Å². The molecule has 7 nitrogen and oxygen atoms in total. The van der Waals surface area contributed by atoms with Crippen molar-refractivity contribution in [3.05, 3.63) is 59.7 Å². The lowest BCUT2D eigenvalue weighted by Crippen LogP contribution is -2.52. The highest BCUT2D eigenvalue weighted by Gasteiger charge is 2.35. The maximum Gasteiger partial charge on any atom is 0.256 e. The van der Waals surface area contributed by atoms with Gasteiger partial charge < -0.3 is 14.4 Å². The fraction of sp³-hybridized carbons (Fsp3) is 0.381. The van der Waals surface area contributed by atoms with Gasteiger partial charge in [0, 0.05) is 26.2 Å². The van der Waals surface area contributed by atoms with Crippen molar-refractivity contribution in [1.82, 2.24) is 9.21 Å². The summed E-state index contributed by atoms with van der Waals surface area (Å²) >= 11 is 0. The number of benzene rings is 2. The van der Waals surface area contributed by atoms with Crippen molar-refractivity contribution in [3.8, 4) is 5.75 Å². The molecule has 0 saturated carbocycles. The summed E-state index contributed by atoms with van der Waals surface area (Å²) in [7, 11) is -2.07. The van der Waals surface area contributed by atoms with Crippen molar-refractivity contribution >= 4 is 15.9 Å². The van der Waals surface area contributed by atoms with Gasteiger partial charge in [-0.3, -0.25) is 4.79 Å². The molecule has 29 heavy (non-hydrogen) atoms. The minimum Gasteiger partial charge on any atom is -0.497 e. The molecule has 1 amide bonds. The summed E-state index contributed by atoms with van der Waals surface area (Å²) in [5.74, 6) is 0.505. The fourth-order valence-corrected chi connectivity index (χ4v) is 5.23. The molecule has 2 aromatic rings. The second-order valence-electron chi connectivity index (χ2n) is 7.10. The molecular weight excluding hydrogens is 392 g/mol. The van der Waals surface area contributed by atoms with Crippen LogP contribution in [0.2, 0.25) is 0 Å². The second kappa shape index (κ2) is 8.14. The van der Waals surface area contributed by atoms with Crippen LogP contribution in [-0.2, 0) is 26.0 Å². The van der Waals surface area contributed by atoms with E-state index in [9.17, 15) is 13.2 Å². The van der Waals surface area contributed by atoms with Gasteiger partial charge in [0.15, 0.2) is 6.10 Å². The van der Waals surface area contributed by atoms with E-state index in [1.807, 2.05) is 24.3 Å². The molecular formula is C21H24N2O5S. The number of nitrogens with zero attached hydrogens (tertiary/aromatic N) is 2. The Morgan fingerprint density at radius 3 is 2.41 bits per heavy atom. The van der Waals surface area contributed by atoms with Crippen LogP contribution in [0.4, 0.5) is 0 Å². The van der Waals surface area contributed by atoms with Gasteiger partial charge in [0.25, 0.3) is 5.91 Å². The molecule has 2 aliphatic rings. The van der Waals surface area contributed by atoms with Gasteiger partial charge in [-0.15, -0.1) is 0 Å². The highest BCUT2D eigenvalue weighted by Crippen LogP contribution is 2.29. The number of carbonyl (C=O) groups is 1. The van der Waals surface area contributed by atoms with E-state index in [4.69, 9.17) is 9.47 Å². The summed E-state index contributed by atoms with van der Waals surface area (Å²) in [6, 6.07) is 14.2. The van der Waals surface area contributed by atoms with E-state index in [1.54, 1.807) is 29.2 Å². The smallest absolute Gasteiger partial charge is 0.256 e. The molecule has 0 spiro atoms. The molecule has 1 saturated heterocycles. The molecule has 0 aliphatic carbocycles. The number of hydrogen-bond acceptors (Lipinski definition) is 5. The average Bonchev–Trinajstić information content (AvgIpc) is 2.78. The van der Waals surface area contributed by atoms with Crippen molar-refractivity contribution in [2.24, 2.45) is 0 Å². The number of sulfonamides is 1. The van der Waals surface area contributed by atoms with Crippen LogP contribution in [0, 0.1) is 0 Å². The molecule has 4 rings (SSSR count). The van der Waals surface area contributed by atoms with E-state index >= 15 is 0 Å². The Hall–Kier alpha value is -2.42. The third-order valence-corrected chi connectivity index (χ3v) is 7.38. The van der Waals surface area contributed by atoms with E-state index < -0.39 is 16.1 Å². The maximum absolute atomic E-state index is 13.0. The molecule has 2 heterocycles. The molecule has 0 N–H and O–H groups in total. The minimum absolute atomic E-state index is 0.0985. The van der Waals surface area contributed by atoms with Crippen LogP contribution in [0.1, 0.15) is 17.2 Å². The first-order valence-electron chi connectivity index (χ1n) is 9.63. The fourth-order valence-electron chi connectivity index (χ4n) is 3.81. The van der Waals surface area contributed by atoms with Crippen molar-refractivity contribution < 1.29 is 22.7 Å². The van der Waals surface area contributed by atoms with Gasteiger partial charge >= 0.3 is 0 Å². The molecule has 1 unspecified atom stereocenters. The Balaban J connectivity index is 1.43. The average molecular weight is 416 g/mol. The van der Waals surface area contributed by atoms with Gasteiger partial charge in [0.2, 0.25) is 10.0 Å². The third-order valence-electron chi connectivity index (χ3n) is 5.47. The molecule has 2 aromatic carbocycles. The van der Waals surface area contributed by atoms with Crippen LogP contribution in [0.15, 0.2) is 53.4 Å². The summed E-state index contributed by atoms with van der Waals surface area (Å²) in [5, 5.41) is 0. The molecule has 8 heteroatoms. The topological polar surface area (TPSA) is 76.2 Å². The molecule has 0 aromatic heterocycles. The Morgan fingerprint density at radius 1 is 1.03 bits per heavy atom. The largest absolute Gasteiger partial charge is 0.497 e. The molecule has 154 valence electrons. The molecule has 1 atom stereocenters. The van der Waals surface area contributed by atoms with Crippen LogP contribution in [0.3, 0.4) is 0 Å². The minimum atomic E-state index is -3.60. The van der Waals surface area contributed by atoms with E-state index in [1.165, 1.54) is 11.4 Å². The molecule has 0 bridgehead atoms. The number of carbonyl (C=O) groups excluding carboxylic acids is 1. The number of ether oxygens (including phenoxy) is 2. The standard InChI is InChI=1S/C21H24N2O5S/c1-27-17-6-8-18(9-7-17)29(25,26)23-13-11-22(12-14-23)21(24)20-19-5-3-2-4-16(19)10-15-28-20/h2-9,20H,10-15H2,1H3. The van der Waals surface area contributed by atoms with Crippen molar-refractivity contribution in [2.75, 3.05) is 39.9 Å². The summed E-state index contributed by atoms with van der Waals surface area (Å²) in [4.78, 5) is 15.0. The number of methoxy groups -OCH3 is 1. The first-order valence-corrected chi connectivity index (χ1v) is 11.1. The van der Waals surface area contributed by atoms with Gasteiger partial charge in [-0.2, -0.15) is 4.31 Å². The zero-order valence-electron chi connectivity index (χ0n) is 16.3. The molecule has 2 aliphatic heterocycles. The Morgan fingerprint density at radius 2 is 1.72 bits per heavy atom. The van der Waals surface area contributed by atoms with Crippen LogP contribution in [0.25, 0.3) is 0 Å². The van der Waals surface area contributed by atoms with E-state index in [2.05, 4.69) is 0 Å². The lowest BCUT2D eigenvalue weighted by atomic mass is 9.96. The SMILES string of the molecule is COc1ccc(S(=O)(=O)N2CCN(C(=O)C3OCCc4ccccc43)CC2)cc1. The van der Waals surface area contributed by atoms with E-state index in [0.717, 1.165) is 17.5 Å². The zero-order valence-corrected chi connectivity index (χ0v) is 17.1. The normalized spacial score (nSPS) is 20.2. The third kappa shape index (κ3) is 3.88. The summed E-state index contributed by atoms with van der Waals surface area (Å²) < 4.78 is 38.1. The van der Waals surface area contributed by atoms with Gasteiger partial charge in [-0.05, 0) is 41.8 Å². The Bertz CT molecular complexity index is 982. The zero-order chi connectivity index (χ0) is 20.4. The maximum atomic E-state index is 13.0. The first-order chi connectivity index (χ1) is 14.0. The number of piperazine rings is 1. The van der Waals surface area contributed by atoms with Crippen LogP contribution >= 0.6 is 0 Å². The Labute approximate surface area is 170 Å². The monoisotopic (exact) mass is 416 g/mol. The number of rotatable bonds is 4. The van der Waals surface area contributed by atoms with Crippen LogP contribution in [0.5, 0.6) is 5.75 Å². The highest BCUT2D eigenvalue weighted by atomic mass is 32.2. The van der Waals surface area contributed by atoms with Gasteiger partial charge in [0.05, 0.1) is 18.6 Å². The summed E-state index contributed by atoms with van der Waals surface area (Å²) in [5.41, 5.74) is 2.05. The highest BCUT2D eigenvalue weighted by molar-refractivity contribution is 7.89. The van der Waals surface area contributed by atoms with Gasteiger partial charge in [0.1, 0.15) is 5.75 Å². The first kappa shape index (κ1) is 19.9. The molecule has 1 fully saturated rings. The lowest BCUT2D eigenvalue weighted by Gasteiger charge is -2.36. The summed E-state index contributed by atoms with van der Waals surface area (Å²) in [6.07, 6.45) is 0.193. The van der Waals surface area contributed by atoms with Crippen molar-refractivity contribution in [3.63, 3.8) is 0 Å². The quantitative estimate of drug-likeness (QED) is 0.760. The van der Waals surface area contributed by atoms with Gasteiger partial charge in [-0.1, -0.05) is 24.3 Å².